The van der Waals surface area contributed by atoms with Gasteiger partial charge in [0.1, 0.15) is 5.01 Å². The number of aryl methyl sites for hydroxylation is 1. The first-order chi connectivity index (χ1) is 12.4. The number of para-hydroxylation sites is 1. The number of hydrogen-bond acceptors (Lipinski definition) is 6. The molecule has 0 aliphatic heterocycles. The number of hydrogen-bond donors (Lipinski definition) is 1. The van der Waals surface area contributed by atoms with E-state index in [0.29, 0.717) is 10.8 Å². The molecule has 0 unspecified atom stereocenters. The number of rotatable bonds is 5. The van der Waals surface area contributed by atoms with Crippen LogP contribution in [0.1, 0.15) is 15.4 Å². The van der Waals surface area contributed by atoms with Crippen molar-refractivity contribution in [3.05, 3.63) is 65.2 Å². The summed E-state index contributed by atoms with van der Waals surface area (Å²) in [4.78, 5) is 12.4. The minimum Gasteiger partial charge on any atom is -0.296 e. The molecule has 9 heteroatoms. The van der Waals surface area contributed by atoms with E-state index in [2.05, 4.69) is 15.5 Å². The number of sulfonamides is 1. The van der Waals surface area contributed by atoms with E-state index < -0.39 is 15.9 Å². The molecular formula is C17H16N4O3S2. The summed E-state index contributed by atoms with van der Waals surface area (Å²) in [5.74, 6) is -0.444. The second kappa shape index (κ2) is 7.22. The summed E-state index contributed by atoms with van der Waals surface area (Å²) >= 11 is 1.24. The molecular weight excluding hydrogens is 372 g/mol. The molecule has 0 saturated heterocycles. The van der Waals surface area contributed by atoms with Crippen LogP contribution in [0.4, 0.5) is 10.8 Å². The molecule has 134 valence electrons. The van der Waals surface area contributed by atoms with Crippen LogP contribution in [0.15, 0.2) is 59.5 Å². The van der Waals surface area contributed by atoms with E-state index in [1.165, 1.54) is 40.9 Å². The molecule has 0 radical (unpaired) electrons. The number of carbonyl (C=O) groups excluding carboxylic acids is 1. The molecule has 3 aromatic rings. The van der Waals surface area contributed by atoms with Gasteiger partial charge in [0, 0.05) is 12.6 Å². The molecule has 0 fully saturated rings. The molecule has 1 N–H and O–H groups in total. The van der Waals surface area contributed by atoms with Gasteiger partial charge in [-0.2, -0.15) is 0 Å². The third kappa shape index (κ3) is 3.73. The molecule has 2 aromatic carbocycles. The first-order valence-corrected chi connectivity index (χ1v) is 9.89. The molecule has 0 atom stereocenters. The highest BCUT2D eigenvalue weighted by atomic mass is 32.2. The lowest BCUT2D eigenvalue weighted by atomic mass is 10.2. The maximum absolute atomic E-state index is 12.8. The van der Waals surface area contributed by atoms with Gasteiger partial charge in [-0.3, -0.25) is 14.4 Å². The first-order valence-electron chi connectivity index (χ1n) is 7.63. The van der Waals surface area contributed by atoms with Gasteiger partial charge in [-0.15, -0.1) is 10.2 Å². The highest BCUT2D eigenvalue weighted by Crippen LogP contribution is 2.23. The first kappa shape index (κ1) is 18.0. The fourth-order valence-electron chi connectivity index (χ4n) is 2.25. The zero-order valence-corrected chi connectivity index (χ0v) is 15.7. The Morgan fingerprint density at radius 3 is 2.46 bits per heavy atom. The summed E-state index contributed by atoms with van der Waals surface area (Å²) < 4.78 is 26.9. The van der Waals surface area contributed by atoms with Crippen molar-refractivity contribution in [3.63, 3.8) is 0 Å². The molecule has 0 aliphatic carbocycles. The van der Waals surface area contributed by atoms with E-state index in [1.54, 1.807) is 37.3 Å². The van der Waals surface area contributed by atoms with Gasteiger partial charge in [-0.1, -0.05) is 35.6 Å². The smallest absolute Gasteiger partial charge is 0.264 e. The Balaban J connectivity index is 1.87. The average Bonchev–Trinajstić information content (AvgIpc) is 3.06. The van der Waals surface area contributed by atoms with Crippen molar-refractivity contribution in [2.45, 2.75) is 11.8 Å². The van der Waals surface area contributed by atoms with E-state index in [9.17, 15) is 13.2 Å². The van der Waals surface area contributed by atoms with Gasteiger partial charge in [0.15, 0.2) is 0 Å². The monoisotopic (exact) mass is 388 g/mol. The Morgan fingerprint density at radius 1 is 1.08 bits per heavy atom. The molecule has 1 amide bonds. The van der Waals surface area contributed by atoms with Gasteiger partial charge in [-0.25, -0.2) is 8.42 Å². The Kier molecular flexibility index (Phi) is 5.01. The predicted octanol–water partition coefficient (Wildman–Crippen LogP) is 2.92. The maximum Gasteiger partial charge on any atom is 0.264 e. The second-order valence-electron chi connectivity index (χ2n) is 5.42. The van der Waals surface area contributed by atoms with Gasteiger partial charge in [0.25, 0.3) is 15.9 Å². The van der Waals surface area contributed by atoms with Crippen LogP contribution in [0.25, 0.3) is 0 Å². The molecule has 3 rings (SSSR count). The van der Waals surface area contributed by atoms with Gasteiger partial charge in [0.2, 0.25) is 5.13 Å². The highest BCUT2D eigenvalue weighted by molar-refractivity contribution is 7.92. The average molecular weight is 388 g/mol. The summed E-state index contributed by atoms with van der Waals surface area (Å²) in [7, 11) is -2.32. The van der Waals surface area contributed by atoms with Gasteiger partial charge in [-0.05, 0) is 37.3 Å². The van der Waals surface area contributed by atoms with E-state index >= 15 is 0 Å². The van der Waals surface area contributed by atoms with Crippen molar-refractivity contribution < 1.29 is 13.2 Å². The zero-order valence-electron chi connectivity index (χ0n) is 14.1. The van der Waals surface area contributed by atoms with Crippen LogP contribution in [0.5, 0.6) is 0 Å². The van der Waals surface area contributed by atoms with Crippen LogP contribution in [-0.4, -0.2) is 31.6 Å². The molecule has 1 heterocycles. The summed E-state index contributed by atoms with van der Waals surface area (Å²) in [5.41, 5.74) is 0.757. The van der Waals surface area contributed by atoms with Gasteiger partial charge >= 0.3 is 0 Å². The van der Waals surface area contributed by atoms with E-state index in [-0.39, 0.29) is 10.5 Å². The van der Waals surface area contributed by atoms with Crippen LogP contribution < -0.4 is 9.62 Å². The van der Waals surface area contributed by atoms with Gasteiger partial charge in [0.05, 0.1) is 10.6 Å². The normalized spacial score (nSPS) is 11.2. The van der Waals surface area contributed by atoms with Crippen LogP contribution in [0.3, 0.4) is 0 Å². The van der Waals surface area contributed by atoms with Crippen LogP contribution in [0, 0.1) is 6.92 Å². The molecule has 0 saturated carbocycles. The molecule has 26 heavy (non-hydrogen) atoms. The fourth-order valence-corrected chi connectivity index (χ4v) is 4.08. The third-order valence-corrected chi connectivity index (χ3v) is 6.16. The number of carbonyl (C=O) groups is 1. The summed E-state index contributed by atoms with van der Waals surface area (Å²) in [6.07, 6.45) is 0. The van der Waals surface area contributed by atoms with E-state index in [1.807, 2.05) is 6.07 Å². The SMILES string of the molecule is Cc1nnc(NC(=O)c2cccc(S(=O)(=O)N(C)c3ccccc3)c2)s1. The number of nitrogens with one attached hydrogen (secondary N) is 1. The van der Waals surface area contributed by atoms with Crippen molar-refractivity contribution in [2.24, 2.45) is 0 Å². The summed E-state index contributed by atoms with van der Waals surface area (Å²) in [6, 6.07) is 14.6. The standard InChI is InChI=1S/C17H16N4O3S2/c1-12-19-20-17(25-12)18-16(22)13-7-6-10-15(11-13)26(23,24)21(2)14-8-4-3-5-9-14/h3-11H,1-2H3,(H,18,20,22). The predicted molar refractivity (Wildman–Crippen MR) is 101 cm³/mol. The lowest BCUT2D eigenvalue weighted by Crippen LogP contribution is -2.26. The number of amides is 1. The second-order valence-corrected chi connectivity index (χ2v) is 8.57. The topological polar surface area (TPSA) is 92.3 Å². The largest absolute Gasteiger partial charge is 0.296 e. The van der Waals surface area contributed by atoms with Crippen LogP contribution in [0.2, 0.25) is 0 Å². The number of anilines is 2. The van der Waals surface area contributed by atoms with Crippen molar-refractivity contribution in [1.29, 1.82) is 0 Å². The lowest BCUT2D eigenvalue weighted by Gasteiger charge is -2.19. The molecule has 0 bridgehead atoms. The Morgan fingerprint density at radius 2 is 1.81 bits per heavy atom. The van der Waals surface area contributed by atoms with Crippen LogP contribution in [-0.2, 0) is 10.0 Å². The summed E-state index contributed by atoms with van der Waals surface area (Å²) in [6.45, 7) is 1.78. The molecule has 1 aromatic heterocycles. The third-order valence-electron chi connectivity index (χ3n) is 3.62. The Bertz CT molecular complexity index is 1030. The summed E-state index contributed by atoms with van der Waals surface area (Å²) in [5, 5.41) is 11.4. The van der Waals surface area contributed by atoms with Gasteiger partial charge < -0.3 is 0 Å². The minimum absolute atomic E-state index is 0.0324. The fraction of sp³-hybridized carbons (Fsp3) is 0.118. The Hall–Kier alpha value is -2.78. The van der Waals surface area contributed by atoms with E-state index in [0.717, 1.165) is 5.01 Å². The van der Waals surface area contributed by atoms with Crippen LogP contribution >= 0.6 is 11.3 Å². The number of benzene rings is 2. The molecule has 7 nitrogen and oxygen atoms in total. The lowest BCUT2D eigenvalue weighted by molar-refractivity contribution is 0.102. The zero-order chi connectivity index (χ0) is 18.7. The molecule has 0 aliphatic rings. The van der Waals surface area contributed by atoms with Crippen molar-refractivity contribution in [2.75, 3.05) is 16.7 Å². The van der Waals surface area contributed by atoms with Crippen molar-refractivity contribution >= 4 is 38.1 Å². The van der Waals surface area contributed by atoms with E-state index in [4.69, 9.17) is 0 Å². The Labute approximate surface area is 155 Å². The maximum atomic E-state index is 12.8. The highest BCUT2D eigenvalue weighted by Gasteiger charge is 2.22. The quantitative estimate of drug-likeness (QED) is 0.725. The molecule has 0 spiro atoms. The number of nitrogens with zero attached hydrogens (tertiary/aromatic N) is 3. The van der Waals surface area contributed by atoms with Crippen molar-refractivity contribution in [3.8, 4) is 0 Å². The van der Waals surface area contributed by atoms with Crippen molar-refractivity contribution in [1.82, 2.24) is 10.2 Å². The minimum atomic E-state index is -3.79. The number of aromatic nitrogens is 2.